The van der Waals surface area contributed by atoms with Gasteiger partial charge in [-0.05, 0) is 19.1 Å². The van der Waals surface area contributed by atoms with Gasteiger partial charge >= 0.3 is 5.69 Å². The van der Waals surface area contributed by atoms with Crippen molar-refractivity contribution >= 4 is 28.3 Å². The van der Waals surface area contributed by atoms with E-state index in [1.807, 2.05) is 0 Å². The lowest BCUT2D eigenvalue weighted by molar-refractivity contribution is 0.0831. The summed E-state index contributed by atoms with van der Waals surface area (Å²) in [7, 11) is 3.23. The van der Waals surface area contributed by atoms with Gasteiger partial charge < -0.3 is 14.3 Å². The number of furan rings is 1. The zero-order chi connectivity index (χ0) is 20.4. The summed E-state index contributed by atoms with van der Waals surface area (Å²) in [6.45, 7) is 1.54. The minimum atomic E-state index is -0.768. The fourth-order valence-corrected chi connectivity index (χ4v) is 3.37. The zero-order valence-electron chi connectivity index (χ0n) is 15.3. The second kappa shape index (κ2) is 7.64. The summed E-state index contributed by atoms with van der Waals surface area (Å²) >= 11 is 1.01. The van der Waals surface area contributed by atoms with Crippen LogP contribution in [0.3, 0.4) is 0 Å². The highest BCUT2D eigenvalue weighted by molar-refractivity contribution is 7.17. The highest BCUT2D eigenvalue weighted by Crippen LogP contribution is 2.23. The van der Waals surface area contributed by atoms with Crippen LogP contribution in [0.5, 0.6) is 0 Å². The maximum atomic E-state index is 12.6. The van der Waals surface area contributed by atoms with Gasteiger partial charge in [0.05, 0.1) is 18.5 Å². The van der Waals surface area contributed by atoms with E-state index in [9.17, 15) is 19.2 Å². The smallest absolute Gasteiger partial charge is 0.328 e. The molecule has 3 heterocycles. The number of hydrogen-bond acceptors (Lipinski definition) is 7. The molecule has 3 aromatic rings. The second-order valence-corrected chi connectivity index (χ2v) is 7.06. The number of hydrogen-bond donors (Lipinski definition) is 2. The number of aryl methyl sites for hydroxylation is 1. The third kappa shape index (κ3) is 3.78. The number of carbonyl (C=O) groups excluding carboxylic acids is 2. The Labute approximate surface area is 162 Å². The van der Waals surface area contributed by atoms with Gasteiger partial charge in [-0.3, -0.25) is 24.3 Å². The lowest BCUT2D eigenvalue weighted by Crippen LogP contribution is -2.39. The number of amides is 2. The molecule has 146 valence electrons. The van der Waals surface area contributed by atoms with E-state index in [0.29, 0.717) is 16.3 Å². The molecule has 0 aromatic carbocycles. The topological polar surface area (TPSA) is 130 Å². The molecule has 11 heteroatoms. The molecule has 28 heavy (non-hydrogen) atoms. The Morgan fingerprint density at radius 3 is 2.75 bits per heavy atom. The van der Waals surface area contributed by atoms with Crippen molar-refractivity contribution in [1.29, 1.82) is 0 Å². The van der Waals surface area contributed by atoms with E-state index in [2.05, 4.69) is 15.3 Å². The highest BCUT2D eigenvalue weighted by Gasteiger charge is 2.20. The molecule has 2 N–H and O–H groups in total. The number of anilines is 1. The van der Waals surface area contributed by atoms with Gasteiger partial charge in [-0.1, -0.05) is 11.3 Å². The number of nitrogens with one attached hydrogen (secondary N) is 2. The zero-order valence-corrected chi connectivity index (χ0v) is 16.1. The van der Waals surface area contributed by atoms with Crippen molar-refractivity contribution < 1.29 is 14.0 Å². The van der Waals surface area contributed by atoms with Gasteiger partial charge in [-0.15, -0.1) is 0 Å². The number of nitrogens with zero attached hydrogens (tertiary/aromatic N) is 3. The number of H-pyrrole nitrogens is 1. The van der Waals surface area contributed by atoms with Crippen molar-refractivity contribution in [3.63, 3.8) is 0 Å². The van der Waals surface area contributed by atoms with Gasteiger partial charge in [0.15, 0.2) is 5.13 Å². The molecule has 3 aromatic heterocycles. The van der Waals surface area contributed by atoms with Crippen LogP contribution in [0.2, 0.25) is 0 Å². The Hall–Kier alpha value is -3.47. The maximum Gasteiger partial charge on any atom is 0.328 e. The van der Waals surface area contributed by atoms with Crippen LogP contribution >= 0.6 is 11.3 Å². The predicted molar refractivity (Wildman–Crippen MR) is 102 cm³/mol. The molecular formula is C17H17N5O5S. The van der Waals surface area contributed by atoms with Crippen LogP contribution < -0.4 is 16.6 Å². The SMILES string of the molecule is Cc1nc(NC(=O)c2c[nH]c(=O)n(Cc3ccco3)c2=O)sc1C(=O)N(C)C. The molecule has 0 fully saturated rings. The Morgan fingerprint density at radius 2 is 2.11 bits per heavy atom. The number of thiazole rings is 1. The maximum absolute atomic E-state index is 12.6. The number of rotatable bonds is 5. The number of carbonyl (C=O) groups is 2. The van der Waals surface area contributed by atoms with Crippen LogP contribution in [-0.2, 0) is 6.54 Å². The van der Waals surface area contributed by atoms with Crippen molar-refractivity contribution in [2.75, 3.05) is 19.4 Å². The third-order valence-electron chi connectivity index (χ3n) is 3.82. The summed E-state index contributed by atoms with van der Waals surface area (Å²) in [6.07, 6.45) is 2.47. The molecule has 10 nitrogen and oxygen atoms in total. The molecule has 0 bridgehead atoms. The standard InChI is InChI=1S/C17H17N5O5S/c1-9-12(15(25)21(2)3)28-16(19-9)20-13(23)11-7-18-17(26)22(14(11)24)8-10-5-4-6-27-10/h4-7H,8H2,1-3H3,(H,18,26)(H,19,20,23). The van der Waals surface area contributed by atoms with Crippen LogP contribution in [0.4, 0.5) is 5.13 Å². The minimum absolute atomic E-state index is 0.111. The Kier molecular flexibility index (Phi) is 5.27. The Bertz CT molecular complexity index is 1140. The van der Waals surface area contributed by atoms with Gasteiger partial charge in [0, 0.05) is 20.3 Å². The average molecular weight is 403 g/mol. The molecule has 0 aliphatic carbocycles. The fourth-order valence-electron chi connectivity index (χ4n) is 2.39. The van der Waals surface area contributed by atoms with Crippen LogP contribution in [-0.4, -0.2) is 45.3 Å². The molecule has 0 aliphatic heterocycles. The van der Waals surface area contributed by atoms with Crippen molar-refractivity contribution in [3.05, 3.63) is 67.3 Å². The summed E-state index contributed by atoms with van der Waals surface area (Å²) < 4.78 is 6.01. The van der Waals surface area contributed by atoms with Gasteiger partial charge in [-0.2, -0.15) is 0 Å². The first-order chi connectivity index (χ1) is 13.3. The van der Waals surface area contributed by atoms with Crippen LogP contribution in [0.25, 0.3) is 0 Å². The van der Waals surface area contributed by atoms with E-state index in [1.165, 1.54) is 11.2 Å². The summed E-state index contributed by atoms with van der Waals surface area (Å²) in [5, 5.41) is 2.68. The van der Waals surface area contributed by atoms with E-state index in [-0.39, 0.29) is 23.1 Å². The first kappa shape index (κ1) is 19.3. The van der Waals surface area contributed by atoms with Crippen molar-refractivity contribution in [1.82, 2.24) is 19.4 Å². The molecule has 0 spiro atoms. The minimum Gasteiger partial charge on any atom is -0.467 e. The van der Waals surface area contributed by atoms with Crippen LogP contribution in [0.15, 0.2) is 38.6 Å². The largest absolute Gasteiger partial charge is 0.467 e. The molecule has 0 aliphatic rings. The summed E-state index contributed by atoms with van der Waals surface area (Å²) in [5.74, 6) is -0.583. The predicted octanol–water partition coefficient (Wildman–Crippen LogP) is 0.897. The summed E-state index contributed by atoms with van der Waals surface area (Å²) in [5.41, 5.74) is -1.23. The lowest BCUT2D eigenvalue weighted by Gasteiger charge is -2.07. The fraction of sp³-hybridized carbons (Fsp3) is 0.235. The van der Waals surface area contributed by atoms with E-state index in [0.717, 1.165) is 22.1 Å². The number of aromatic amines is 1. The van der Waals surface area contributed by atoms with Gasteiger partial charge in [0.2, 0.25) is 0 Å². The molecule has 0 saturated carbocycles. The quantitative estimate of drug-likeness (QED) is 0.651. The van der Waals surface area contributed by atoms with Gasteiger partial charge in [-0.25, -0.2) is 9.78 Å². The molecule has 0 saturated heterocycles. The van der Waals surface area contributed by atoms with Crippen molar-refractivity contribution in [3.8, 4) is 0 Å². The van der Waals surface area contributed by atoms with E-state index in [4.69, 9.17) is 4.42 Å². The van der Waals surface area contributed by atoms with E-state index in [1.54, 1.807) is 33.2 Å². The third-order valence-corrected chi connectivity index (χ3v) is 4.88. The lowest BCUT2D eigenvalue weighted by atomic mass is 10.3. The van der Waals surface area contributed by atoms with E-state index >= 15 is 0 Å². The van der Waals surface area contributed by atoms with Gasteiger partial charge in [0.25, 0.3) is 17.4 Å². The molecule has 0 unspecified atom stereocenters. The Balaban J connectivity index is 1.88. The Morgan fingerprint density at radius 1 is 1.36 bits per heavy atom. The van der Waals surface area contributed by atoms with Crippen molar-refractivity contribution in [2.45, 2.75) is 13.5 Å². The average Bonchev–Trinajstić information content (AvgIpc) is 3.27. The summed E-state index contributed by atoms with van der Waals surface area (Å²) in [4.78, 5) is 57.5. The first-order valence-corrected chi connectivity index (χ1v) is 8.95. The molecule has 0 radical (unpaired) electrons. The number of aromatic nitrogens is 3. The van der Waals surface area contributed by atoms with E-state index < -0.39 is 17.2 Å². The molecular weight excluding hydrogens is 386 g/mol. The second-order valence-electron chi connectivity index (χ2n) is 6.07. The molecule has 3 rings (SSSR count). The van der Waals surface area contributed by atoms with Crippen LogP contribution in [0, 0.1) is 6.92 Å². The molecule has 2 amide bonds. The highest BCUT2D eigenvalue weighted by atomic mass is 32.1. The normalized spacial score (nSPS) is 10.7. The van der Waals surface area contributed by atoms with Gasteiger partial charge in [0.1, 0.15) is 16.2 Å². The molecule has 0 atom stereocenters. The van der Waals surface area contributed by atoms with Crippen LogP contribution in [0.1, 0.15) is 31.5 Å². The first-order valence-electron chi connectivity index (χ1n) is 8.13. The monoisotopic (exact) mass is 403 g/mol. The summed E-state index contributed by atoms with van der Waals surface area (Å²) in [6, 6.07) is 3.24. The van der Waals surface area contributed by atoms with Crippen molar-refractivity contribution in [2.24, 2.45) is 0 Å².